The Bertz CT molecular complexity index is 1170. The van der Waals surface area contributed by atoms with E-state index in [0.717, 1.165) is 5.56 Å². The van der Waals surface area contributed by atoms with Crippen LogP contribution >= 0.6 is 0 Å². The first-order valence-electron chi connectivity index (χ1n) is 9.25. The summed E-state index contributed by atoms with van der Waals surface area (Å²) >= 11 is 0. The number of hydrogen-bond donors (Lipinski definition) is 2. The van der Waals surface area contributed by atoms with Crippen molar-refractivity contribution in [2.45, 2.75) is 0 Å². The Balaban J connectivity index is 1.49. The predicted octanol–water partition coefficient (Wildman–Crippen LogP) is 2.77. The highest BCUT2D eigenvalue weighted by Crippen LogP contribution is 2.30. The van der Waals surface area contributed by atoms with Gasteiger partial charge in [-0.2, -0.15) is 0 Å². The van der Waals surface area contributed by atoms with Gasteiger partial charge in [-0.1, -0.05) is 18.2 Å². The lowest BCUT2D eigenvalue weighted by atomic mass is 10.1. The van der Waals surface area contributed by atoms with Crippen LogP contribution in [0.1, 0.15) is 10.4 Å². The van der Waals surface area contributed by atoms with E-state index in [1.807, 2.05) is 35.0 Å². The molecular weight excluding hydrogens is 382 g/mol. The number of ether oxygens (including phenoxy) is 1. The largest absolute Gasteiger partial charge is 0.495 e. The predicted molar refractivity (Wildman–Crippen MR) is 112 cm³/mol. The van der Waals surface area contributed by atoms with Crippen LogP contribution < -0.4 is 15.4 Å². The number of nitrogens with one attached hydrogen (secondary N) is 2. The minimum atomic E-state index is -0.369. The van der Waals surface area contributed by atoms with Gasteiger partial charge in [0.15, 0.2) is 0 Å². The topological polar surface area (TPSA) is 97.6 Å². The van der Waals surface area contributed by atoms with Crippen LogP contribution in [0.15, 0.2) is 73.2 Å². The highest BCUT2D eigenvalue weighted by Gasteiger charge is 2.13. The molecule has 0 aliphatic rings. The molecule has 0 radical (unpaired) electrons. The normalized spacial score (nSPS) is 10.6. The smallest absolute Gasteiger partial charge is 0.251 e. The van der Waals surface area contributed by atoms with E-state index in [1.165, 1.54) is 7.11 Å². The van der Waals surface area contributed by atoms with Crippen LogP contribution in [-0.4, -0.2) is 39.8 Å². The quantitative estimate of drug-likeness (QED) is 0.518. The summed E-state index contributed by atoms with van der Waals surface area (Å²) in [5, 5.41) is 5.39. The zero-order chi connectivity index (χ0) is 20.9. The third kappa shape index (κ3) is 4.12. The number of imidazole rings is 1. The number of anilines is 1. The fraction of sp³-hybridized carbons (Fsp3) is 0.0909. The number of carbonyl (C=O) groups is 2. The highest BCUT2D eigenvalue weighted by molar-refractivity contribution is 6.00. The number of carbonyl (C=O) groups excluding carboxylic acids is 2. The maximum atomic E-state index is 12.4. The Labute approximate surface area is 172 Å². The summed E-state index contributed by atoms with van der Waals surface area (Å²) < 4.78 is 7.17. The first kappa shape index (κ1) is 19.1. The summed E-state index contributed by atoms with van der Waals surface area (Å²) in [6.45, 7) is -0.167. The molecule has 8 heteroatoms. The van der Waals surface area contributed by atoms with E-state index in [0.29, 0.717) is 28.5 Å². The lowest BCUT2D eigenvalue weighted by molar-refractivity contribution is -0.115. The lowest BCUT2D eigenvalue weighted by Gasteiger charge is -2.12. The van der Waals surface area contributed by atoms with Crippen molar-refractivity contribution >= 4 is 23.3 Å². The number of benzene rings is 2. The van der Waals surface area contributed by atoms with Gasteiger partial charge in [0.05, 0.1) is 25.0 Å². The summed E-state index contributed by atoms with van der Waals surface area (Å²) in [5.41, 5.74) is 2.48. The van der Waals surface area contributed by atoms with Crippen LogP contribution in [0.25, 0.3) is 17.0 Å². The first-order valence-corrected chi connectivity index (χ1v) is 9.25. The van der Waals surface area contributed by atoms with Gasteiger partial charge in [-0.3, -0.25) is 14.0 Å². The van der Waals surface area contributed by atoms with Gasteiger partial charge in [-0.15, -0.1) is 0 Å². The third-order valence-electron chi connectivity index (χ3n) is 4.45. The number of hydrogen-bond acceptors (Lipinski definition) is 5. The zero-order valence-electron chi connectivity index (χ0n) is 16.2. The monoisotopic (exact) mass is 401 g/mol. The second kappa shape index (κ2) is 8.44. The summed E-state index contributed by atoms with van der Waals surface area (Å²) in [7, 11) is 1.52. The van der Waals surface area contributed by atoms with E-state index in [4.69, 9.17) is 4.74 Å². The van der Waals surface area contributed by atoms with Crippen molar-refractivity contribution in [1.29, 1.82) is 0 Å². The molecular formula is C22H19N5O3. The van der Waals surface area contributed by atoms with Gasteiger partial charge >= 0.3 is 0 Å². The Morgan fingerprint density at radius 1 is 1.10 bits per heavy atom. The number of rotatable bonds is 6. The van der Waals surface area contributed by atoms with Crippen LogP contribution in [-0.2, 0) is 4.79 Å². The molecule has 2 N–H and O–H groups in total. The Kier molecular flexibility index (Phi) is 5.38. The second-order valence-corrected chi connectivity index (χ2v) is 6.47. The zero-order valence-corrected chi connectivity index (χ0v) is 16.2. The summed E-state index contributed by atoms with van der Waals surface area (Å²) in [6.07, 6.45) is 5.39. The molecule has 0 atom stereocenters. The molecule has 8 nitrogen and oxygen atoms in total. The van der Waals surface area contributed by atoms with E-state index in [9.17, 15) is 9.59 Å². The molecule has 30 heavy (non-hydrogen) atoms. The molecule has 0 saturated heterocycles. The molecule has 2 heterocycles. The van der Waals surface area contributed by atoms with Gasteiger partial charge < -0.3 is 15.4 Å². The van der Waals surface area contributed by atoms with Gasteiger partial charge in [0.1, 0.15) is 5.75 Å². The second-order valence-electron chi connectivity index (χ2n) is 6.47. The average Bonchev–Trinajstić information content (AvgIpc) is 3.22. The van der Waals surface area contributed by atoms with Crippen molar-refractivity contribution in [3.05, 3.63) is 78.8 Å². The molecule has 2 aromatic heterocycles. The first-order chi connectivity index (χ1) is 14.6. The van der Waals surface area contributed by atoms with Crippen molar-refractivity contribution in [1.82, 2.24) is 19.7 Å². The molecule has 4 rings (SSSR count). The molecule has 0 aliphatic carbocycles. The van der Waals surface area contributed by atoms with Gasteiger partial charge in [0.2, 0.25) is 11.7 Å². The van der Waals surface area contributed by atoms with E-state index in [-0.39, 0.29) is 18.4 Å². The molecule has 0 bridgehead atoms. The number of amides is 2. The highest BCUT2D eigenvalue weighted by atomic mass is 16.5. The van der Waals surface area contributed by atoms with Crippen LogP contribution in [0.4, 0.5) is 5.69 Å². The van der Waals surface area contributed by atoms with E-state index >= 15 is 0 Å². The van der Waals surface area contributed by atoms with Crippen molar-refractivity contribution < 1.29 is 14.3 Å². The van der Waals surface area contributed by atoms with Crippen LogP contribution in [0.2, 0.25) is 0 Å². The Hall–Kier alpha value is -4.20. The number of fused-ring (bicyclic) bond motifs is 1. The SMILES string of the molecule is COc1ccc(-c2cn3cccnc3n2)cc1NC(=O)CNC(=O)c1ccccc1. The summed E-state index contributed by atoms with van der Waals surface area (Å²) in [5.74, 6) is 0.399. The van der Waals surface area contributed by atoms with Crippen LogP contribution in [0.3, 0.4) is 0 Å². The molecule has 0 saturated carbocycles. The fourth-order valence-corrected chi connectivity index (χ4v) is 2.98. The summed E-state index contributed by atoms with van der Waals surface area (Å²) in [6, 6.07) is 15.9. The van der Waals surface area contributed by atoms with Gasteiger partial charge in [0, 0.05) is 29.7 Å². The molecule has 0 unspecified atom stereocenters. The lowest BCUT2D eigenvalue weighted by Crippen LogP contribution is -2.32. The standard InChI is InChI=1S/C22H19N5O3/c1-30-19-9-8-16(18-14-27-11-5-10-23-22(27)26-18)12-17(19)25-20(28)13-24-21(29)15-6-3-2-4-7-15/h2-12,14H,13H2,1H3,(H,24,29)(H,25,28). The van der Waals surface area contributed by atoms with E-state index in [1.54, 1.807) is 42.6 Å². The van der Waals surface area contributed by atoms with E-state index in [2.05, 4.69) is 20.6 Å². The minimum absolute atomic E-state index is 0.167. The average molecular weight is 401 g/mol. The third-order valence-corrected chi connectivity index (χ3v) is 4.45. The Morgan fingerprint density at radius 3 is 2.70 bits per heavy atom. The van der Waals surface area contributed by atoms with Crippen molar-refractivity contribution in [3.63, 3.8) is 0 Å². The molecule has 0 spiro atoms. The molecule has 150 valence electrons. The van der Waals surface area contributed by atoms with Crippen molar-refractivity contribution in [3.8, 4) is 17.0 Å². The van der Waals surface area contributed by atoms with Crippen molar-refractivity contribution in [2.75, 3.05) is 19.0 Å². The van der Waals surface area contributed by atoms with Crippen molar-refractivity contribution in [2.24, 2.45) is 0 Å². The molecule has 0 aliphatic heterocycles. The number of methoxy groups -OCH3 is 1. The molecule has 2 amide bonds. The molecule has 2 aromatic carbocycles. The Morgan fingerprint density at radius 2 is 1.93 bits per heavy atom. The molecule has 4 aromatic rings. The van der Waals surface area contributed by atoms with Gasteiger partial charge in [-0.05, 0) is 36.4 Å². The van der Waals surface area contributed by atoms with Gasteiger partial charge in [-0.25, -0.2) is 9.97 Å². The van der Waals surface area contributed by atoms with Gasteiger partial charge in [0.25, 0.3) is 5.91 Å². The van der Waals surface area contributed by atoms with Crippen LogP contribution in [0.5, 0.6) is 5.75 Å². The maximum absolute atomic E-state index is 12.4. The molecule has 0 fully saturated rings. The summed E-state index contributed by atoms with van der Waals surface area (Å²) in [4.78, 5) is 33.2. The minimum Gasteiger partial charge on any atom is -0.495 e. The fourth-order valence-electron chi connectivity index (χ4n) is 2.98. The number of aromatic nitrogens is 3. The van der Waals surface area contributed by atoms with E-state index < -0.39 is 0 Å². The van der Waals surface area contributed by atoms with Crippen LogP contribution in [0, 0.1) is 0 Å². The number of nitrogens with zero attached hydrogens (tertiary/aromatic N) is 3. The maximum Gasteiger partial charge on any atom is 0.251 e.